The quantitative estimate of drug-likeness (QED) is 0.858. The number of rotatable bonds is 3. The van der Waals surface area contributed by atoms with Crippen LogP contribution >= 0.6 is 0 Å². The Hall–Kier alpha value is -1.98. The van der Waals surface area contributed by atoms with Crippen LogP contribution in [0.4, 0.5) is 36.4 Å². The van der Waals surface area contributed by atoms with Crippen LogP contribution in [0.2, 0.25) is 0 Å². The largest absolute Gasteiger partial charge is 0.419 e. The molecule has 0 aliphatic rings. The lowest BCUT2D eigenvalue weighted by molar-refractivity contribution is -0.155. The van der Waals surface area contributed by atoms with Crippen LogP contribution in [0.5, 0.6) is 0 Å². The van der Waals surface area contributed by atoms with Gasteiger partial charge in [-0.15, -0.1) is 0 Å². The first kappa shape index (κ1) is 16.1. The average molecular weight is 300 g/mol. The summed E-state index contributed by atoms with van der Waals surface area (Å²) in [5.41, 5.74) is -1.95. The summed E-state index contributed by atoms with van der Waals surface area (Å²) < 4.78 is 86.8. The van der Waals surface area contributed by atoms with Gasteiger partial charge in [-0.3, -0.25) is 0 Å². The van der Waals surface area contributed by atoms with Crippen molar-refractivity contribution in [1.82, 2.24) is 0 Å². The SMILES string of the molecule is N#CC(CNc1ccc(F)c(C(F)(F)F)c1)C(F)(F)F. The molecule has 0 bridgehead atoms. The third kappa shape index (κ3) is 4.01. The first-order valence-corrected chi connectivity index (χ1v) is 5.12. The van der Waals surface area contributed by atoms with E-state index in [9.17, 15) is 30.7 Å². The molecule has 1 aromatic carbocycles. The molecule has 1 rings (SSSR count). The summed E-state index contributed by atoms with van der Waals surface area (Å²) >= 11 is 0. The van der Waals surface area contributed by atoms with Crippen molar-refractivity contribution in [2.24, 2.45) is 5.92 Å². The second-order valence-corrected chi connectivity index (χ2v) is 3.80. The summed E-state index contributed by atoms with van der Waals surface area (Å²) in [6, 6.07) is 2.67. The topological polar surface area (TPSA) is 35.8 Å². The lowest BCUT2D eigenvalue weighted by atomic mass is 10.1. The highest BCUT2D eigenvalue weighted by atomic mass is 19.4. The Morgan fingerprint density at radius 2 is 1.75 bits per heavy atom. The molecular weight excluding hydrogens is 293 g/mol. The molecule has 1 aromatic rings. The maximum absolute atomic E-state index is 12.9. The number of benzene rings is 1. The van der Waals surface area contributed by atoms with Crippen LogP contribution in [0.15, 0.2) is 18.2 Å². The van der Waals surface area contributed by atoms with Crippen LogP contribution in [-0.2, 0) is 6.18 Å². The lowest BCUT2D eigenvalue weighted by Gasteiger charge is -2.16. The fourth-order valence-corrected chi connectivity index (χ4v) is 1.31. The molecule has 110 valence electrons. The third-order valence-corrected chi connectivity index (χ3v) is 2.33. The van der Waals surface area contributed by atoms with Gasteiger partial charge in [-0.05, 0) is 18.2 Å². The minimum absolute atomic E-state index is 0.347. The summed E-state index contributed by atoms with van der Waals surface area (Å²) in [4.78, 5) is 0. The smallest absolute Gasteiger partial charge is 0.383 e. The first-order chi connectivity index (χ1) is 9.05. The zero-order valence-electron chi connectivity index (χ0n) is 9.61. The van der Waals surface area contributed by atoms with E-state index in [2.05, 4.69) is 0 Å². The van der Waals surface area contributed by atoms with Crippen LogP contribution in [0, 0.1) is 23.1 Å². The molecule has 1 atom stereocenters. The number of nitrogens with zero attached hydrogens (tertiary/aromatic N) is 1. The van der Waals surface area contributed by atoms with Gasteiger partial charge in [-0.2, -0.15) is 31.6 Å². The van der Waals surface area contributed by atoms with E-state index in [1.165, 1.54) is 0 Å². The molecule has 9 heteroatoms. The number of halogens is 7. The van der Waals surface area contributed by atoms with Gasteiger partial charge in [0, 0.05) is 12.2 Å². The molecular formula is C11H7F7N2. The van der Waals surface area contributed by atoms with Crippen molar-refractivity contribution in [2.75, 3.05) is 11.9 Å². The fourth-order valence-electron chi connectivity index (χ4n) is 1.31. The molecule has 20 heavy (non-hydrogen) atoms. The van der Waals surface area contributed by atoms with Crippen molar-refractivity contribution in [3.05, 3.63) is 29.6 Å². The molecule has 0 saturated heterocycles. The molecule has 0 saturated carbocycles. The summed E-state index contributed by atoms with van der Waals surface area (Å²) in [6.45, 7) is -0.928. The highest BCUT2D eigenvalue weighted by Gasteiger charge is 2.40. The molecule has 1 N–H and O–H groups in total. The number of hydrogen-bond acceptors (Lipinski definition) is 2. The van der Waals surface area contributed by atoms with Gasteiger partial charge in [0.05, 0.1) is 11.6 Å². The molecule has 0 aromatic heterocycles. The van der Waals surface area contributed by atoms with E-state index in [0.717, 1.165) is 12.1 Å². The molecule has 0 aliphatic carbocycles. The van der Waals surface area contributed by atoms with Crippen molar-refractivity contribution < 1.29 is 30.7 Å². The van der Waals surface area contributed by atoms with E-state index in [1.54, 1.807) is 0 Å². The summed E-state index contributed by atoms with van der Waals surface area (Å²) in [5.74, 6) is -3.91. The van der Waals surface area contributed by atoms with Gasteiger partial charge in [-0.1, -0.05) is 0 Å². The second kappa shape index (κ2) is 5.56. The summed E-state index contributed by atoms with van der Waals surface area (Å²) in [7, 11) is 0. The Morgan fingerprint density at radius 3 is 2.20 bits per heavy atom. The summed E-state index contributed by atoms with van der Waals surface area (Å²) in [5, 5.41) is 10.4. The zero-order chi connectivity index (χ0) is 15.6. The van der Waals surface area contributed by atoms with Crippen molar-refractivity contribution in [3.63, 3.8) is 0 Å². The molecule has 0 radical (unpaired) electrons. The van der Waals surface area contributed by atoms with Crippen molar-refractivity contribution in [1.29, 1.82) is 5.26 Å². The number of anilines is 1. The second-order valence-electron chi connectivity index (χ2n) is 3.80. The van der Waals surface area contributed by atoms with Gasteiger partial charge in [0.25, 0.3) is 0 Å². The van der Waals surface area contributed by atoms with Crippen molar-refractivity contribution in [3.8, 4) is 6.07 Å². The number of nitrogens with one attached hydrogen (secondary N) is 1. The highest BCUT2D eigenvalue weighted by Crippen LogP contribution is 2.33. The molecule has 0 amide bonds. The predicted octanol–water partition coefficient (Wildman–Crippen LogP) is 3.96. The number of alkyl halides is 6. The Balaban J connectivity index is 2.88. The van der Waals surface area contributed by atoms with Crippen LogP contribution in [0.25, 0.3) is 0 Å². The highest BCUT2D eigenvalue weighted by molar-refractivity contribution is 5.47. The zero-order valence-corrected chi connectivity index (χ0v) is 9.61. The van der Waals surface area contributed by atoms with Crippen molar-refractivity contribution in [2.45, 2.75) is 12.4 Å². The Bertz CT molecular complexity index is 513. The third-order valence-electron chi connectivity index (χ3n) is 2.33. The number of hydrogen-bond donors (Lipinski definition) is 1. The molecule has 0 fully saturated rings. The maximum atomic E-state index is 12.9. The van der Waals surface area contributed by atoms with Crippen LogP contribution in [0.1, 0.15) is 5.56 Å². The fraction of sp³-hybridized carbons (Fsp3) is 0.364. The molecule has 2 nitrogen and oxygen atoms in total. The average Bonchev–Trinajstić information content (AvgIpc) is 2.28. The van der Waals surface area contributed by atoms with E-state index in [0.29, 0.717) is 12.1 Å². The van der Waals surface area contributed by atoms with Gasteiger partial charge >= 0.3 is 12.4 Å². The van der Waals surface area contributed by atoms with Gasteiger partial charge in [0.1, 0.15) is 5.82 Å². The van der Waals surface area contributed by atoms with E-state index in [4.69, 9.17) is 5.26 Å². The van der Waals surface area contributed by atoms with Crippen LogP contribution in [0.3, 0.4) is 0 Å². The van der Waals surface area contributed by atoms with Crippen LogP contribution in [-0.4, -0.2) is 12.7 Å². The summed E-state index contributed by atoms with van der Waals surface area (Å²) in [6.07, 6.45) is -9.75. The minimum Gasteiger partial charge on any atom is -0.383 e. The molecule has 1 unspecified atom stereocenters. The predicted molar refractivity (Wildman–Crippen MR) is 55.0 cm³/mol. The normalized spacial score (nSPS) is 13.7. The van der Waals surface area contributed by atoms with Crippen LogP contribution < -0.4 is 5.32 Å². The monoisotopic (exact) mass is 300 g/mol. The number of nitriles is 1. The lowest BCUT2D eigenvalue weighted by Crippen LogP contribution is -2.28. The Morgan fingerprint density at radius 1 is 1.15 bits per heavy atom. The first-order valence-electron chi connectivity index (χ1n) is 5.12. The van der Waals surface area contributed by atoms with Crippen molar-refractivity contribution >= 4 is 5.69 Å². The molecule has 0 aliphatic heterocycles. The van der Waals surface area contributed by atoms with Gasteiger partial charge < -0.3 is 5.32 Å². The van der Waals surface area contributed by atoms with Gasteiger partial charge in [0.2, 0.25) is 0 Å². The maximum Gasteiger partial charge on any atom is 0.419 e. The van der Waals surface area contributed by atoms with E-state index in [-0.39, 0.29) is 5.69 Å². The van der Waals surface area contributed by atoms with Gasteiger partial charge in [0.15, 0.2) is 5.92 Å². The molecule has 0 spiro atoms. The molecule has 0 heterocycles. The van der Waals surface area contributed by atoms with Gasteiger partial charge in [-0.25, -0.2) is 4.39 Å². The van der Waals surface area contributed by atoms with E-state index >= 15 is 0 Å². The minimum atomic E-state index is -4.96. The van der Waals surface area contributed by atoms with E-state index < -0.39 is 36.2 Å². The Labute approximate surface area is 108 Å². The standard InChI is InChI=1S/C11H7F7N2/c12-9-2-1-7(3-8(9)11(16,17)18)20-5-6(4-19)10(13,14)15/h1-3,6,20H,5H2. The van der Waals surface area contributed by atoms with E-state index in [1.807, 2.05) is 5.32 Å². The Kier molecular flexibility index (Phi) is 4.47.